The lowest BCUT2D eigenvalue weighted by atomic mass is 10.0. The summed E-state index contributed by atoms with van der Waals surface area (Å²) in [4.78, 5) is 24.5. The second-order valence-electron chi connectivity index (χ2n) is 7.22. The van der Waals surface area contributed by atoms with Crippen LogP contribution >= 0.6 is 0 Å². The summed E-state index contributed by atoms with van der Waals surface area (Å²) in [5, 5.41) is 0. The van der Waals surface area contributed by atoms with Crippen LogP contribution in [-0.4, -0.2) is 48.4 Å². The molecule has 0 saturated carbocycles. The zero-order valence-electron chi connectivity index (χ0n) is 15.2. The van der Waals surface area contributed by atoms with E-state index in [0.29, 0.717) is 25.2 Å². The zero-order chi connectivity index (χ0) is 17.9. The van der Waals surface area contributed by atoms with Crippen LogP contribution in [-0.2, 0) is 11.2 Å². The molecule has 2 fully saturated rings. The summed E-state index contributed by atoms with van der Waals surface area (Å²) in [5.74, 6) is 1.45. The Morgan fingerprint density at radius 2 is 2.08 bits per heavy atom. The molecule has 2 aromatic rings. The Hall–Kier alpha value is -2.34. The van der Waals surface area contributed by atoms with E-state index in [1.165, 1.54) is 5.56 Å². The Balaban J connectivity index is 1.59. The van der Waals surface area contributed by atoms with Gasteiger partial charge in [-0.2, -0.15) is 4.98 Å². The molecule has 0 bridgehead atoms. The molecule has 3 heterocycles. The fourth-order valence-electron chi connectivity index (χ4n) is 4.00. The summed E-state index contributed by atoms with van der Waals surface area (Å²) >= 11 is 0. The van der Waals surface area contributed by atoms with Gasteiger partial charge in [0.15, 0.2) is 0 Å². The van der Waals surface area contributed by atoms with Crippen LogP contribution in [0.4, 0.5) is 11.8 Å². The van der Waals surface area contributed by atoms with E-state index in [2.05, 4.69) is 46.0 Å². The maximum atomic E-state index is 12.3. The van der Waals surface area contributed by atoms with Gasteiger partial charge in [-0.05, 0) is 31.7 Å². The van der Waals surface area contributed by atoms with Crippen molar-refractivity contribution in [3.8, 4) is 0 Å². The minimum absolute atomic E-state index is 0.0888. The van der Waals surface area contributed by atoms with Gasteiger partial charge in [0, 0.05) is 25.2 Å². The third kappa shape index (κ3) is 3.60. The molecule has 2 aliphatic rings. The van der Waals surface area contributed by atoms with E-state index in [1.54, 1.807) is 6.07 Å². The molecule has 6 nitrogen and oxygen atoms in total. The lowest BCUT2D eigenvalue weighted by Crippen LogP contribution is -2.45. The molecule has 4 rings (SSSR count). The van der Waals surface area contributed by atoms with Crippen molar-refractivity contribution in [2.75, 3.05) is 36.1 Å². The number of hydrogen-bond acceptors (Lipinski definition) is 5. The fraction of sp³-hybridized carbons (Fsp3) is 0.500. The van der Waals surface area contributed by atoms with E-state index in [4.69, 9.17) is 9.72 Å². The van der Waals surface area contributed by atoms with Gasteiger partial charge >= 0.3 is 0 Å². The molecule has 2 saturated heterocycles. The van der Waals surface area contributed by atoms with E-state index >= 15 is 0 Å². The third-order valence-corrected chi connectivity index (χ3v) is 5.34. The predicted octanol–water partition coefficient (Wildman–Crippen LogP) is 2.21. The lowest BCUT2D eigenvalue weighted by molar-refractivity contribution is 0.0985. The molecule has 138 valence electrons. The number of nitrogens with zero attached hydrogens (tertiary/aromatic N) is 3. The van der Waals surface area contributed by atoms with E-state index in [0.717, 1.165) is 38.2 Å². The highest BCUT2D eigenvalue weighted by Crippen LogP contribution is 2.26. The third-order valence-electron chi connectivity index (χ3n) is 5.34. The summed E-state index contributed by atoms with van der Waals surface area (Å²) in [6, 6.07) is 12.7. The van der Waals surface area contributed by atoms with Gasteiger partial charge in [0.05, 0.1) is 19.3 Å². The Bertz CT molecular complexity index is 792. The number of ether oxygens (including phenoxy) is 1. The number of aromatic nitrogens is 2. The topological polar surface area (TPSA) is 61.5 Å². The summed E-state index contributed by atoms with van der Waals surface area (Å²) in [6.45, 7) is 5.15. The van der Waals surface area contributed by atoms with Crippen LogP contribution in [0.1, 0.15) is 25.3 Å². The second kappa shape index (κ2) is 7.50. The van der Waals surface area contributed by atoms with Crippen molar-refractivity contribution in [3.05, 3.63) is 52.3 Å². The minimum atomic E-state index is -0.0888. The molecule has 26 heavy (non-hydrogen) atoms. The van der Waals surface area contributed by atoms with Crippen molar-refractivity contribution in [3.63, 3.8) is 0 Å². The molecule has 1 aromatic heterocycles. The molecule has 6 heteroatoms. The number of rotatable bonds is 4. The fourth-order valence-corrected chi connectivity index (χ4v) is 4.00. The zero-order valence-corrected chi connectivity index (χ0v) is 15.2. The van der Waals surface area contributed by atoms with Crippen LogP contribution in [0.2, 0.25) is 0 Å². The predicted molar refractivity (Wildman–Crippen MR) is 103 cm³/mol. The molecule has 0 unspecified atom stereocenters. The van der Waals surface area contributed by atoms with Crippen molar-refractivity contribution in [1.29, 1.82) is 0 Å². The van der Waals surface area contributed by atoms with Gasteiger partial charge < -0.3 is 14.5 Å². The number of nitrogens with one attached hydrogen (secondary N) is 1. The van der Waals surface area contributed by atoms with Crippen LogP contribution in [0.25, 0.3) is 0 Å². The average Bonchev–Trinajstić information content (AvgIpc) is 3.10. The number of benzene rings is 1. The van der Waals surface area contributed by atoms with Crippen LogP contribution in [0.15, 0.2) is 41.2 Å². The summed E-state index contributed by atoms with van der Waals surface area (Å²) < 4.78 is 5.51. The smallest absolute Gasteiger partial charge is 0.254 e. The van der Waals surface area contributed by atoms with E-state index < -0.39 is 0 Å². The first-order valence-electron chi connectivity index (χ1n) is 9.47. The normalized spacial score (nSPS) is 23.4. The number of hydrogen-bond donors (Lipinski definition) is 1. The highest BCUT2D eigenvalue weighted by molar-refractivity contribution is 5.46. The number of morpholine rings is 1. The average molecular weight is 354 g/mol. The first-order valence-corrected chi connectivity index (χ1v) is 9.47. The maximum Gasteiger partial charge on any atom is 0.254 e. The van der Waals surface area contributed by atoms with Gasteiger partial charge in [-0.1, -0.05) is 30.3 Å². The Labute approximate surface area is 153 Å². The highest BCUT2D eigenvalue weighted by Gasteiger charge is 2.28. The van der Waals surface area contributed by atoms with Gasteiger partial charge in [-0.15, -0.1) is 0 Å². The van der Waals surface area contributed by atoms with Crippen LogP contribution in [0, 0.1) is 0 Å². The molecule has 2 aliphatic heterocycles. The van der Waals surface area contributed by atoms with Crippen molar-refractivity contribution in [2.45, 2.75) is 38.3 Å². The standard InChI is InChI=1S/C20H26N4O2/c1-15-14-26-11-10-23(15)18-13-19(25)22-20(21-18)24-9-5-8-17(24)12-16-6-3-2-4-7-16/h2-4,6-7,13,15,17H,5,8-12,14H2,1H3,(H,21,22,25)/t15-,17-/m0/s1. The monoisotopic (exact) mass is 354 g/mol. The van der Waals surface area contributed by atoms with Crippen LogP contribution in [0.3, 0.4) is 0 Å². The van der Waals surface area contributed by atoms with Gasteiger partial charge in [0.25, 0.3) is 5.56 Å². The molecule has 0 spiro atoms. The largest absolute Gasteiger partial charge is 0.377 e. The second-order valence-corrected chi connectivity index (χ2v) is 7.22. The summed E-state index contributed by atoms with van der Waals surface area (Å²) in [5.41, 5.74) is 1.23. The van der Waals surface area contributed by atoms with Crippen molar-refractivity contribution in [1.82, 2.24) is 9.97 Å². The number of anilines is 2. The molecule has 2 atom stereocenters. The summed E-state index contributed by atoms with van der Waals surface area (Å²) in [6.07, 6.45) is 3.22. The number of H-pyrrole nitrogens is 1. The molecule has 1 N–H and O–H groups in total. The molecule has 1 aromatic carbocycles. The van der Waals surface area contributed by atoms with E-state index in [9.17, 15) is 4.79 Å². The first-order chi connectivity index (χ1) is 12.7. The van der Waals surface area contributed by atoms with Gasteiger partial charge in [-0.25, -0.2) is 0 Å². The van der Waals surface area contributed by atoms with Crippen molar-refractivity contribution >= 4 is 11.8 Å². The minimum Gasteiger partial charge on any atom is -0.377 e. The molecule has 0 aliphatic carbocycles. The quantitative estimate of drug-likeness (QED) is 0.912. The Kier molecular flexibility index (Phi) is 4.93. The van der Waals surface area contributed by atoms with Gasteiger partial charge in [0.2, 0.25) is 5.95 Å². The van der Waals surface area contributed by atoms with E-state index in [1.807, 2.05) is 6.07 Å². The number of aromatic amines is 1. The van der Waals surface area contributed by atoms with Crippen molar-refractivity contribution < 1.29 is 4.74 Å². The Morgan fingerprint density at radius 1 is 1.23 bits per heavy atom. The van der Waals surface area contributed by atoms with Gasteiger partial charge in [0.1, 0.15) is 5.82 Å². The first kappa shape index (κ1) is 17.1. The Morgan fingerprint density at radius 3 is 2.88 bits per heavy atom. The highest BCUT2D eigenvalue weighted by atomic mass is 16.5. The lowest BCUT2D eigenvalue weighted by Gasteiger charge is -2.35. The molecular formula is C20H26N4O2. The van der Waals surface area contributed by atoms with E-state index in [-0.39, 0.29) is 11.6 Å². The van der Waals surface area contributed by atoms with Crippen LogP contribution < -0.4 is 15.4 Å². The molecule has 0 radical (unpaired) electrons. The van der Waals surface area contributed by atoms with Crippen molar-refractivity contribution in [2.24, 2.45) is 0 Å². The summed E-state index contributed by atoms with van der Waals surface area (Å²) in [7, 11) is 0. The van der Waals surface area contributed by atoms with Crippen LogP contribution in [0.5, 0.6) is 0 Å². The molecule has 0 amide bonds. The maximum absolute atomic E-state index is 12.3. The van der Waals surface area contributed by atoms with Gasteiger partial charge in [-0.3, -0.25) is 9.78 Å². The SMILES string of the molecule is C[C@H]1COCCN1c1cc(=O)[nH]c(N2CCC[C@H]2Cc2ccccc2)n1. The molecular weight excluding hydrogens is 328 g/mol.